The van der Waals surface area contributed by atoms with E-state index >= 15 is 0 Å². The van der Waals surface area contributed by atoms with Gasteiger partial charge in [-0.2, -0.15) is 5.26 Å². The van der Waals surface area contributed by atoms with Crippen LogP contribution in [0.15, 0.2) is 41.3 Å². The van der Waals surface area contributed by atoms with E-state index in [0.29, 0.717) is 30.1 Å². The third-order valence-electron chi connectivity index (χ3n) is 5.00. The summed E-state index contributed by atoms with van der Waals surface area (Å²) >= 11 is 0. The van der Waals surface area contributed by atoms with E-state index < -0.39 is 11.5 Å². The van der Waals surface area contributed by atoms with E-state index in [1.54, 1.807) is 30.1 Å². The van der Waals surface area contributed by atoms with Gasteiger partial charge in [-0.1, -0.05) is 13.0 Å². The van der Waals surface area contributed by atoms with Crippen LogP contribution in [0.3, 0.4) is 0 Å². The number of aromatic nitrogens is 1. The maximum absolute atomic E-state index is 12.8. The van der Waals surface area contributed by atoms with Gasteiger partial charge >= 0.3 is 0 Å². The molecular formula is C21H22N4O3. The van der Waals surface area contributed by atoms with Gasteiger partial charge in [0.2, 0.25) is 0 Å². The summed E-state index contributed by atoms with van der Waals surface area (Å²) in [5.74, 6) is -0.0572. The molecule has 0 atom stereocenters. The van der Waals surface area contributed by atoms with Gasteiger partial charge in [0.15, 0.2) is 0 Å². The van der Waals surface area contributed by atoms with Gasteiger partial charge in [0.1, 0.15) is 5.69 Å². The molecule has 1 saturated heterocycles. The van der Waals surface area contributed by atoms with Crippen molar-refractivity contribution in [2.75, 3.05) is 18.4 Å². The van der Waals surface area contributed by atoms with Gasteiger partial charge in [0.05, 0.1) is 17.2 Å². The number of rotatable bonds is 3. The number of benzene rings is 1. The molecule has 1 aromatic carbocycles. The molecule has 1 aromatic heterocycles. The number of nitriles is 1. The first-order valence-corrected chi connectivity index (χ1v) is 9.20. The number of piperidine rings is 1. The van der Waals surface area contributed by atoms with Gasteiger partial charge in [-0.15, -0.1) is 0 Å². The molecule has 0 saturated carbocycles. The molecule has 1 aliphatic rings. The molecule has 1 aliphatic heterocycles. The largest absolute Gasteiger partial charge is 0.339 e. The van der Waals surface area contributed by atoms with Gasteiger partial charge in [0.25, 0.3) is 17.4 Å². The van der Waals surface area contributed by atoms with Crippen LogP contribution in [-0.2, 0) is 7.05 Å². The standard InChI is InChI=1S/C21H22N4O3/c1-14-6-8-25(9-7-14)20(27)17-11-18(21(28)24(2)13-17)23-19(26)16-5-3-4-15(10-16)12-22/h3-5,10-11,13-14H,6-9H2,1-2H3,(H,23,26). The van der Waals surface area contributed by atoms with Crippen LogP contribution in [0.5, 0.6) is 0 Å². The van der Waals surface area contributed by atoms with Crippen LogP contribution in [0, 0.1) is 17.2 Å². The molecule has 0 spiro atoms. The molecule has 1 fully saturated rings. The quantitative estimate of drug-likeness (QED) is 0.887. The van der Waals surface area contributed by atoms with Crippen molar-refractivity contribution in [3.05, 3.63) is 63.6 Å². The Bertz CT molecular complexity index is 1010. The first kappa shape index (κ1) is 19.4. The van der Waals surface area contributed by atoms with Gasteiger partial charge in [-0.3, -0.25) is 14.4 Å². The highest BCUT2D eigenvalue weighted by Gasteiger charge is 2.23. The Morgan fingerprint density at radius 1 is 1.18 bits per heavy atom. The minimum atomic E-state index is -0.509. The lowest BCUT2D eigenvalue weighted by atomic mass is 9.99. The fraction of sp³-hybridized carbons (Fsp3) is 0.333. The van der Waals surface area contributed by atoms with Crippen molar-refractivity contribution in [2.45, 2.75) is 19.8 Å². The number of pyridine rings is 1. The fourth-order valence-electron chi connectivity index (χ4n) is 3.24. The van der Waals surface area contributed by atoms with Crippen molar-refractivity contribution in [3.63, 3.8) is 0 Å². The van der Waals surface area contributed by atoms with Crippen LogP contribution in [0.1, 0.15) is 46.0 Å². The minimum absolute atomic E-state index is 0.0334. The molecule has 7 nitrogen and oxygen atoms in total. The molecule has 0 aliphatic carbocycles. The van der Waals surface area contributed by atoms with E-state index in [1.807, 2.05) is 6.07 Å². The first-order valence-electron chi connectivity index (χ1n) is 9.20. The lowest BCUT2D eigenvalue weighted by Gasteiger charge is -2.30. The van der Waals surface area contributed by atoms with Crippen LogP contribution < -0.4 is 10.9 Å². The number of aryl methyl sites for hydroxylation is 1. The summed E-state index contributed by atoms with van der Waals surface area (Å²) in [6.07, 6.45) is 3.40. The maximum Gasteiger partial charge on any atom is 0.274 e. The molecule has 2 heterocycles. The van der Waals surface area contributed by atoms with Crippen molar-refractivity contribution in [1.82, 2.24) is 9.47 Å². The number of nitrogens with zero attached hydrogens (tertiary/aromatic N) is 3. The maximum atomic E-state index is 12.8. The number of amides is 2. The molecular weight excluding hydrogens is 356 g/mol. The Morgan fingerprint density at radius 2 is 1.89 bits per heavy atom. The monoisotopic (exact) mass is 378 g/mol. The van der Waals surface area contributed by atoms with E-state index in [-0.39, 0.29) is 17.2 Å². The zero-order valence-electron chi connectivity index (χ0n) is 15.9. The fourth-order valence-corrected chi connectivity index (χ4v) is 3.24. The molecule has 2 aromatic rings. The summed E-state index contributed by atoms with van der Waals surface area (Å²) < 4.78 is 1.29. The van der Waals surface area contributed by atoms with E-state index in [4.69, 9.17) is 5.26 Å². The highest BCUT2D eigenvalue weighted by Crippen LogP contribution is 2.19. The number of nitrogens with one attached hydrogen (secondary N) is 1. The Labute approximate surface area is 163 Å². The van der Waals surface area contributed by atoms with E-state index in [2.05, 4.69) is 12.2 Å². The van der Waals surface area contributed by atoms with Crippen LogP contribution in [0.2, 0.25) is 0 Å². The van der Waals surface area contributed by atoms with E-state index in [1.165, 1.54) is 22.9 Å². The summed E-state index contributed by atoms with van der Waals surface area (Å²) in [7, 11) is 1.54. The minimum Gasteiger partial charge on any atom is -0.339 e. The molecule has 1 N–H and O–H groups in total. The number of anilines is 1. The normalized spacial score (nSPS) is 14.4. The van der Waals surface area contributed by atoms with Crippen LogP contribution in [0.25, 0.3) is 0 Å². The predicted octanol–water partition coefficient (Wildman–Crippen LogP) is 2.38. The summed E-state index contributed by atoms with van der Waals surface area (Å²) in [5.41, 5.74) is 0.601. The molecule has 0 radical (unpaired) electrons. The molecule has 28 heavy (non-hydrogen) atoms. The van der Waals surface area contributed by atoms with Crippen LogP contribution in [-0.4, -0.2) is 34.4 Å². The Hall–Kier alpha value is -3.40. The summed E-state index contributed by atoms with van der Waals surface area (Å²) in [5, 5.41) is 11.5. The van der Waals surface area contributed by atoms with Crippen molar-refractivity contribution in [1.29, 1.82) is 5.26 Å². The molecule has 7 heteroatoms. The molecule has 144 valence electrons. The molecule has 2 amide bonds. The molecule has 3 rings (SSSR count). The molecule has 0 bridgehead atoms. The number of hydrogen-bond donors (Lipinski definition) is 1. The van der Waals surface area contributed by atoms with Gasteiger partial charge < -0.3 is 14.8 Å². The Morgan fingerprint density at radius 3 is 2.57 bits per heavy atom. The zero-order valence-corrected chi connectivity index (χ0v) is 15.9. The molecule has 0 unspecified atom stereocenters. The van der Waals surface area contributed by atoms with Crippen molar-refractivity contribution >= 4 is 17.5 Å². The summed E-state index contributed by atoms with van der Waals surface area (Å²) in [6.45, 7) is 3.54. The van der Waals surface area contributed by atoms with Crippen LogP contribution in [0.4, 0.5) is 5.69 Å². The van der Waals surface area contributed by atoms with Crippen molar-refractivity contribution in [2.24, 2.45) is 13.0 Å². The highest BCUT2D eigenvalue weighted by atomic mass is 16.2. The Balaban J connectivity index is 1.85. The second kappa shape index (κ2) is 8.09. The van der Waals surface area contributed by atoms with Gasteiger partial charge in [-0.05, 0) is 43.0 Å². The lowest BCUT2D eigenvalue weighted by Crippen LogP contribution is -2.38. The van der Waals surface area contributed by atoms with Crippen LogP contribution >= 0.6 is 0 Å². The van der Waals surface area contributed by atoms with Gasteiger partial charge in [-0.25, -0.2) is 0 Å². The number of carbonyl (C=O) groups is 2. The number of hydrogen-bond acceptors (Lipinski definition) is 4. The van der Waals surface area contributed by atoms with E-state index in [9.17, 15) is 14.4 Å². The topological polar surface area (TPSA) is 95.2 Å². The van der Waals surface area contributed by atoms with Crippen molar-refractivity contribution in [3.8, 4) is 6.07 Å². The Kier molecular flexibility index (Phi) is 5.59. The SMILES string of the molecule is CC1CCN(C(=O)c2cc(NC(=O)c3cccc(C#N)c3)c(=O)n(C)c2)CC1. The predicted molar refractivity (Wildman–Crippen MR) is 105 cm³/mol. The second-order valence-electron chi connectivity index (χ2n) is 7.18. The summed E-state index contributed by atoms with van der Waals surface area (Å²) in [4.78, 5) is 39.5. The first-order chi connectivity index (χ1) is 13.4. The zero-order chi connectivity index (χ0) is 20.3. The third-order valence-corrected chi connectivity index (χ3v) is 5.00. The smallest absolute Gasteiger partial charge is 0.274 e. The number of likely N-dealkylation sites (tertiary alicyclic amines) is 1. The lowest BCUT2D eigenvalue weighted by molar-refractivity contribution is 0.0696. The second-order valence-corrected chi connectivity index (χ2v) is 7.18. The number of carbonyl (C=O) groups excluding carboxylic acids is 2. The van der Waals surface area contributed by atoms with Crippen molar-refractivity contribution < 1.29 is 9.59 Å². The summed E-state index contributed by atoms with van der Waals surface area (Å²) in [6, 6.07) is 9.60. The average molecular weight is 378 g/mol. The van der Waals surface area contributed by atoms with E-state index in [0.717, 1.165) is 12.8 Å². The highest BCUT2D eigenvalue weighted by molar-refractivity contribution is 6.05. The average Bonchev–Trinajstić information content (AvgIpc) is 2.71. The van der Waals surface area contributed by atoms with Gasteiger partial charge in [0, 0.05) is 31.9 Å². The third kappa shape index (κ3) is 4.12.